The number of hydrogen-bond acceptors (Lipinski definition) is 4. The summed E-state index contributed by atoms with van der Waals surface area (Å²) in [6, 6.07) is 21.3. The van der Waals surface area contributed by atoms with Gasteiger partial charge in [0.15, 0.2) is 5.76 Å². The minimum absolute atomic E-state index is 0.234. The van der Waals surface area contributed by atoms with Crippen LogP contribution in [-0.4, -0.2) is 22.0 Å². The molecule has 0 saturated heterocycles. The van der Waals surface area contributed by atoms with Crippen LogP contribution in [-0.2, 0) is 11.8 Å². The molecule has 1 amide bonds. The van der Waals surface area contributed by atoms with Crippen LogP contribution in [0.25, 0.3) is 28.1 Å². The quantitative estimate of drug-likeness (QED) is 0.337. The van der Waals surface area contributed by atoms with Gasteiger partial charge < -0.3 is 14.0 Å². The molecule has 0 radical (unpaired) electrons. The molecule has 2 heterocycles. The van der Waals surface area contributed by atoms with E-state index in [1.807, 2.05) is 42.1 Å². The molecule has 1 N–H and O–H groups in total. The van der Waals surface area contributed by atoms with E-state index in [2.05, 4.69) is 29.6 Å². The van der Waals surface area contributed by atoms with Gasteiger partial charge in [-0.3, -0.25) is 10.1 Å². The summed E-state index contributed by atoms with van der Waals surface area (Å²) in [5.74, 6) is 0.464. The van der Waals surface area contributed by atoms with Crippen molar-refractivity contribution in [1.82, 2.24) is 4.57 Å². The highest BCUT2D eigenvalue weighted by Gasteiger charge is 2.29. The number of benzene rings is 3. The van der Waals surface area contributed by atoms with E-state index in [9.17, 15) is 9.59 Å². The molecule has 5 rings (SSSR count). The van der Waals surface area contributed by atoms with Gasteiger partial charge in [0.25, 0.3) is 0 Å². The van der Waals surface area contributed by atoms with Crippen LogP contribution in [0.4, 0.5) is 10.5 Å². The number of aryl methyl sites for hydroxylation is 1. The largest absolute Gasteiger partial charge is 0.452 e. The molecular weight excluding hydrogens is 440 g/mol. The minimum Gasteiger partial charge on any atom is -0.452 e. The van der Waals surface area contributed by atoms with Gasteiger partial charge in [-0.15, -0.1) is 0 Å². The number of carbonyl (C=O) groups is 2. The van der Waals surface area contributed by atoms with Crippen LogP contribution in [0.5, 0.6) is 5.75 Å². The van der Waals surface area contributed by atoms with Gasteiger partial charge in [-0.05, 0) is 62.2 Å². The highest BCUT2D eigenvalue weighted by molar-refractivity contribution is 6.16. The second-order valence-electron chi connectivity index (χ2n) is 9.54. The highest BCUT2D eigenvalue weighted by Crippen LogP contribution is 2.37. The van der Waals surface area contributed by atoms with Gasteiger partial charge in [-0.25, -0.2) is 4.79 Å². The van der Waals surface area contributed by atoms with Crippen molar-refractivity contribution in [2.24, 2.45) is 7.05 Å². The van der Waals surface area contributed by atoms with Crippen molar-refractivity contribution in [3.8, 4) is 16.9 Å². The molecule has 0 saturated carbocycles. The van der Waals surface area contributed by atoms with E-state index >= 15 is 0 Å². The third-order valence-corrected chi connectivity index (χ3v) is 5.73. The number of Topliss-reactive ketones (excluding diaryl/α,β-unsaturated/α-hetero) is 1. The minimum atomic E-state index is -0.618. The van der Waals surface area contributed by atoms with Crippen molar-refractivity contribution < 1.29 is 19.1 Å². The van der Waals surface area contributed by atoms with Crippen molar-refractivity contribution in [1.29, 1.82) is 0 Å². The Balaban J connectivity index is 1.49. The molecule has 176 valence electrons. The van der Waals surface area contributed by atoms with Gasteiger partial charge in [0.05, 0.1) is 5.56 Å². The second-order valence-corrected chi connectivity index (χ2v) is 9.54. The Kier molecular flexibility index (Phi) is 5.44. The first kappa shape index (κ1) is 22.5. The van der Waals surface area contributed by atoms with Gasteiger partial charge in [0, 0.05) is 35.4 Å². The maximum atomic E-state index is 13.2. The Morgan fingerprint density at radius 1 is 1.00 bits per heavy atom. The monoisotopic (exact) mass is 466 g/mol. The summed E-state index contributed by atoms with van der Waals surface area (Å²) in [6.45, 7) is 5.38. The molecule has 1 aliphatic heterocycles. The van der Waals surface area contributed by atoms with Crippen LogP contribution in [0.15, 0.2) is 78.7 Å². The number of nitrogens with one attached hydrogen (secondary N) is 1. The molecule has 0 unspecified atom stereocenters. The van der Waals surface area contributed by atoms with Crippen LogP contribution in [0.2, 0.25) is 0 Å². The second kappa shape index (κ2) is 8.47. The van der Waals surface area contributed by atoms with E-state index in [1.165, 1.54) is 0 Å². The number of allylic oxidation sites excluding steroid dienone is 1. The van der Waals surface area contributed by atoms with Crippen LogP contribution in [0, 0.1) is 0 Å². The van der Waals surface area contributed by atoms with Gasteiger partial charge in [-0.2, -0.15) is 0 Å². The number of rotatable bonds is 3. The maximum absolute atomic E-state index is 13.2. The van der Waals surface area contributed by atoms with Crippen LogP contribution in [0.1, 0.15) is 36.7 Å². The molecule has 6 nitrogen and oxygen atoms in total. The third-order valence-electron chi connectivity index (χ3n) is 5.73. The number of ketones is 1. The molecule has 0 atom stereocenters. The molecule has 3 aromatic carbocycles. The standard InChI is InChI=1S/C29H26N2O4/c1-29(2,3)35-28(33)30-20-13-14-24-22(16-20)27(32)25(34-24)15-19-17-31(4)23-12-8-11-21(26(19)23)18-9-6-5-7-10-18/h5-17H,1-4H3,(H,30,33)/b25-15-. The van der Waals surface area contributed by atoms with Crippen LogP contribution < -0.4 is 10.1 Å². The summed E-state index contributed by atoms with van der Waals surface area (Å²) in [5, 5.41) is 3.72. The lowest BCUT2D eigenvalue weighted by molar-refractivity contribution is 0.0635. The fraction of sp³-hybridized carbons (Fsp3) is 0.172. The topological polar surface area (TPSA) is 69.6 Å². The maximum Gasteiger partial charge on any atom is 0.412 e. The Bertz CT molecular complexity index is 1490. The van der Waals surface area contributed by atoms with Crippen molar-refractivity contribution in [3.63, 3.8) is 0 Å². The molecular formula is C29H26N2O4. The van der Waals surface area contributed by atoms with E-state index in [0.29, 0.717) is 17.0 Å². The first-order chi connectivity index (χ1) is 16.7. The molecule has 0 bridgehead atoms. The van der Waals surface area contributed by atoms with Gasteiger partial charge in [-0.1, -0.05) is 42.5 Å². The van der Waals surface area contributed by atoms with Crippen LogP contribution >= 0.6 is 0 Å². The predicted molar refractivity (Wildman–Crippen MR) is 138 cm³/mol. The number of fused-ring (bicyclic) bond motifs is 2. The summed E-state index contributed by atoms with van der Waals surface area (Å²) in [5.41, 5.74) is 4.38. The lowest BCUT2D eigenvalue weighted by atomic mass is 9.98. The highest BCUT2D eigenvalue weighted by atomic mass is 16.6. The fourth-order valence-corrected chi connectivity index (χ4v) is 4.28. The third kappa shape index (κ3) is 4.43. The van der Waals surface area contributed by atoms with Crippen molar-refractivity contribution in [2.75, 3.05) is 5.32 Å². The Hall–Kier alpha value is -4.32. The number of hydrogen-bond donors (Lipinski definition) is 1. The van der Waals surface area contributed by atoms with Crippen molar-refractivity contribution >= 4 is 34.5 Å². The fourth-order valence-electron chi connectivity index (χ4n) is 4.28. The molecule has 0 spiro atoms. The summed E-state index contributed by atoms with van der Waals surface area (Å²) in [7, 11) is 1.99. The molecule has 0 aliphatic carbocycles. The zero-order valence-electron chi connectivity index (χ0n) is 20.1. The number of ether oxygens (including phenoxy) is 2. The SMILES string of the molecule is Cn1cc(/C=C2\Oc3ccc(NC(=O)OC(C)(C)C)cc3C2=O)c2c(-c3ccccc3)cccc21. The van der Waals surface area contributed by atoms with Gasteiger partial charge in [0.1, 0.15) is 11.4 Å². The summed E-state index contributed by atoms with van der Waals surface area (Å²) >= 11 is 0. The molecule has 6 heteroatoms. The number of aromatic nitrogens is 1. The van der Waals surface area contributed by atoms with Gasteiger partial charge >= 0.3 is 6.09 Å². The number of carbonyl (C=O) groups excluding carboxylic acids is 2. The summed E-state index contributed by atoms with van der Waals surface area (Å²) in [6.07, 6.45) is 3.21. The smallest absolute Gasteiger partial charge is 0.412 e. The van der Waals surface area contributed by atoms with E-state index in [-0.39, 0.29) is 11.5 Å². The average molecular weight is 467 g/mol. The first-order valence-electron chi connectivity index (χ1n) is 11.4. The van der Waals surface area contributed by atoms with E-state index in [4.69, 9.17) is 9.47 Å². The van der Waals surface area contributed by atoms with E-state index in [0.717, 1.165) is 27.6 Å². The number of amides is 1. The molecule has 1 aliphatic rings. The Labute approximate surface area is 203 Å². The Morgan fingerprint density at radius 2 is 1.77 bits per heavy atom. The molecule has 4 aromatic rings. The van der Waals surface area contributed by atoms with Gasteiger partial charge in [0.2, 0.25) is 5.78 Å². The zero-order chi connectivity index (χ0) is 24.7. The average Bonchev–Trinajstić information content (AvgIpc) is 3.29. The molecule has 1 aromatic heterocycles. The molecule has 35 heavy (non-hydrogen) atoms. The Morgan fingerprint density at radius 3 is 2.51 bits per heavy atom. The van der Waals surface area contributed by atoms with Crippen LogP contribution in [0.3, 0.4) is 0 Å². The lowest BCUT2D eigenvalue weighted by Crippen LogP contribution is -2.27. The van der Waals surface area contributed by atoms with Crippen molar-refractivity contribution in [3.05, 3.63) is 89.8 Å². The normalized spacial score (nSPS) is 14.2. The van der Waals surface area contributed by atoms with E-state index < -0.39 is 11.7 Å². The summed E-state index contributed by atoms with van der Waals surface area (Å²) in [4.78, 5) is 25.3. The number of anilines is 1. The van der Waals surface area contributed by atoms with E-state index in [1.54, 1.807) is 45.0 Å². The lowest BCUT2D eigenvalue weighted by Gasteiger charge is -2.19. The molecule has 0 fully saturated rings. The number of nitrogens with zero attached hydrogens (tertiary/aromatic N) is 1. The first-order valence-corrected chi connectivity index (χ1v) is 11.4. The van der Waals surface area contributed by atoms with Crippen molar-refractivity contribution in [2.45, 2.75) is 26.4 Å². The zero-order valence-corrected chi connectivity index (χ0v) is 20.1. The summed E-state index contributed by atoms with van der Waals surface area (Å²) < 4.78 is 13.3. The predicted octanol–water partition coefficient (Wildman–Crippen LogP) is 6.81.